The molecule has 1 heterocycles. The Balaban J connectivity index is 0.000000205. The Morgan fingerprint density at radius 1 is 0.433 bits per heavy atom. The summed E-state index contributed by atoms with van der Waals surface area (Å²) in [4.78, 5) is 34.8. The number of allylic oxidation sites excluding steroid dienone is 1. The number of esters is 1. The molecular formula is C110H136O20P4-2. The number of benzene rings is 11. The van der Waals surface area contributed by atoms with Gasteiger partial charge in [0.25, 0.3) is 0 Å². The van der Waals surface area contributed by atoms with Crippen molar-refractivity contribution < 1.29 is 95.3 Å². The highest BCUT2D eigenvalue weighted by molar-refractivity contribution is 7.59. The number of hydrogen-bond donors (Lipinski definition) is 4. The fourth-order valence-electron chi connectivity index (χ4n) is 15.6. The predicted octanol–water partition coefficient (Wildman–Crippen LogP) is 25.8. The molecular weight excluding hydrogens is 1770 g/mol. The Hall–Kier alpha value is -10.5. The van der Waals surface area contributed by atoms with E-state index in [0.29, 0.717) is 72.3 Å². The Labute approximate surface area is 794 Å². The molecule has 134 heavy (non-hydrogen) atoms. The van der Waals surface area contributed by atoms with Crippen molar-refractivity contribution in [3.8, 4) is 46.0 Å². The number of hydrogen-bond acceptors (Lipinski definition) is 20. The van der Waals surface area contributed by atoms with Gasteiger partial charge in [0.1, 0.15) is 58.7 Å². The number of aromatic hydroxyl groups is 4. The predicted molar refractivity (Wildman–Crippen MR) is 535 cm³/mol. The van der Waals surface area contributed by atoms with Crippen LogP contribution in [0, 0.1) is 73.1 Å². The van der Waals surface area contributed by atoms with E-state index in [-0.39, 0.29) is 54.8 Å². The van der Waals surface area contributed by atoms with Crippen molar-refractivity contribution in [3.63, 3.8) is 0 Å². The van der Waals surface area contributed by atoms with Crippen molar-refractivity contribution in [3.05, 3.63) is 352 Å². The van der Waals surface area contributed by atoms with Gasteiger partial charge in [0.15, 0.2) is 19.5 Å². The second-order valence-corrected chi connectivity index (χ2v) is 47.2. The molecule has 0 amide bonds. The van der Waals surface area contributed by atoms with E-state index in [2.05, 4.69) is 104 Å². The number of carbonyl (C=O) groups is 1. The van der Waals surface area contributed by atoms with Crippen molar-refractivity contribution in [2.24, 2.45) is 10.8 Å². The van der Waals surface area contributed by atoms with Gasteiger partial charge in [-0.15, -0.1) is 0 Å². The van der Waals surface area contributed by atoms with E-state index < -0.39 is 54.2 Å². The molecule has 0 aromatic heterocycles. The minimum absolute atomic E-state index is 0.100. The van der Waals surface area contributed by atoms with E-state index in [9.17, 15) is 53.3 Å². The molecule has 11 aromatic rings. The lowest BCUT2D eigenvalue weighted by Crippen LogP contribution is -2.24. The first-order valence-electron chi connectivity index (χ1n) is 45.3. The molecule has 718 valence electrons. The van der Waals surface area contributed by atoms with Gasteiger partial charge in [0.2, 0.25) is 14.2 Å². The van der Waals surface area contributed by atoms with E-state index in [4.69, 9.17) is 42.0 Å². The average Bonchev–Trinajstić information content (AvgIpc) is 0.807. The quantitative estimate of drug-likeness (QED) is 0.0126. The van der Waals surface area contributed by atoms with Crippen molar-refractivity contribution in [1.82, 2.24) is 0 Å². The molecule has 0 aliphatic carbocycles. The third kappa shape index (κ3) is 33.5. The zero-order chi connectivity index (χ0) is 98.4. The van der Waals surface area contributed by atoms with E-state index in [1.54, 1.807) is 45.0 Å². The lowest BCUT2D eigenvalue weighted by molar-refractivity contribution is -0.177. The summed E-state index contributed by atoms with van der Waals surface area (Å²) in [5, 5.41) is 40.9. The summed E-state index contributed by atoms with van der Waals surface area (Å²) >= 11 is 0. The van der Waals surface area contributed by atoms with Gasteiger partial charge < -0.3 is 72.3 Å². The molecule has 1 fully saturated rings. The number of rotatable bonds is 34. The molecule has 4 unspecified atom stereocenters. The van der Waals surface area contributed by atoms with Gasteiger partial charge in [-0.2, -0.15) is 0 Å². The molecule has 1 aliphatic heterocycles. The van der Waals surface area contributed by atoms with Gasteiger partial charge in [0, 0.05) is 39.2 Å². The second kappa shape index (κ2) is 47.8. The Morgan fingerprint density at radius 2 is 0.784 bits per heavy atom. The van der Waals surface area contributed by atoms with Crippen LogP contribution < -0.4 is 28.7 Å². The highest BCUT2D eigenvalue weighted by Gasteiger charge is 2.35. The minimum atomic E-state index is -3.93. The maximum Gasteiger partial charge on any atom is 0.373 e. The smallest absolute Gasteiger partial charge is 0.373 e. The monoisotopic (exact) mass is 1900 g/mol. The normalized spacial score (nSPS) is 15.1. The molecule has 5 atom stereocenters. The number of phenolic OH excluding ortho intramolecular Hbond substituents is 4. The summed E-state index contributed by atoms with van der Waals surface area (Å²) in [6.45, 7) is 43.3. The third-order valence-corrected chi connectivity index (χ3v) is 28.1. The SMILES string of the molecule is C=C(OCOP(=O)(COc1cc(C)c(Cc2ccc(O)c(Cc3ccccc3)c2)c(C)c1)OCOC(=O)C(C)(C)C)C(C)(C)C.Cc1cc(OCP(C)(=O)[O-])cc(C)c1Cc1ccc(O)c(C(C)C)c1.Cc1cc(OCP(C)(=O)[O-])cc(C)c1Cc1ccc(O)c(Cc2ccccc2)c1.Cc1cccc([C@@H]2CCOP(=O)(COc3cc(C)c(Cc4ccc(O)c(C(C)C)c4)c(C)c3)C2)c1. The number of phenols is 4. The molecule has 20 nitrogen and oxygen atoms in total. The third-order valence-electron chi connectivity index (χ3n) is 23.3. The number of ether oxygens (including phenoxy) is 6. The lowest BCUT2D eigenvalue weighted by Gasteiger charge is -2.30. The number of carbonyl (C=O) groups excluding carboxylic acids is 1. The van der Waals surface area contributed by atoms with E-state index in [0.717, 1.165) is 132 Å². The summed E-state index contributed by atoms with van der Waals surface area (Å²) in [5.74, 6) is 4.34. The van der Waals surface area contributed by atoms with Gasteiger partial charge in [-0.3, -0.25) is 23.0 Å². The highest BCUT2D eigenvalue weighted by atomic mass is 31.2. The van der Waals surface area contributed by atoms with E-state index in [1.165, 1.54) is 46.7 Å². The molecule has 11 aromatic carbocycles. The first kappa shape index (κ1) is 107. The largest absolute Gasteiger partial charge is 0.797 e. The van der Waals surface area contributed by atoms with Gasteiger partial charge in [0.05, 0.1) is 17.8 Å². The molecule has 4 N–H and O–H groups in total. The summed E-state index contributed by atoms with van der Waals surface area (Å²) in [6, 6.07) is 67.0. The van der Waals surface area contributed by atoms with Crippen molar-refractivity contribution >= 4 is 35.7 Å². The van der Waals surface area contributed by atoms with Crippen LogP contribution in [-0.4, -0.2) is 91.5 Å². The first-order valence-corrected chi connectivity index (χ1v) is 53.6. The zero-order valence-corrected chi connectivity index (χ0v) is 85.4. The summed E-state index contributed by atoms with van der Waals surface area (Å²) in [6.07, 6.45) is 4.75. The van der Waals surface area contributed by atoms with Gasteiger partial charge in [-0.05, 0) is 347 Å². The molecule has 1 saturated heterocycles. The lowest BCUT2D eigenvalue weighted by atomic mass is 9.93. The summed E-state index contributed by atoms with van der Waals surface area (Å²) in [5.41, 5.74) is 25.1. The fourth-order valence-corrected chi connectivity index (χ4v) is 19.4. The van der Waals surface area contributed by atoms with E-state index in [1.807, 2.05) is 196 Å². The maximum absolute atomic E-state index is 13.6. The molecule has 1 aliphatic rings. The highest BCUT2D eigenvalue weighted by Crippen LogP contribution is 2.55. The number of aryl methyl sites for hydroxylation is 9. The summed E-state index contributed by atoms with van der Waals surface area (Å²) < 4.78 is 100. The van der Waals surface area contributed by atoms with Crippen LogP contribution in [0.25, 0.3) is 0 Å². The molecule has 12 rings (SSSR count). The Kier molecular flexibility index (Phi) is 38.3. The van der Waals surface area contributed by atoms with Crippen molar-refractivity contribution in [2.45, 2.75) is 194 Å². The second-order valence-electron chi connectivity index (χ2n) is 38.2. The van der Waals surface area contributed by atoms with Crippen LogP contribution in [-0.2, 0) is 84.6 Å². The first-order chi connectivity index (χ1) is 62.9. The van der Waals surface area contributed by atoms with Crippen molar-refractivity contribution in [2.75, 3.05) is 65.1 Å². The van der Waals surface area contributed by atoms with Crippen LogP contribution in [0.2, 0.25) is 0 Å². The fraction of sp³-hybridized carbons (Fsp3) is 0.373. The topological polar surface area (TPSA) is 295 Å². The van der Waals surface area contributed by atoms with Crippen LogP contribution in [0.4, 0.5) is 0 Å². The van der Waals surface area contributed by atoms with Crippen LogP contribution in [0.3, 0.4) is 0 Å². The molecule has 0 radical (unpaired) electrons. The molecule has 0 spiro atoms. The van der Waals surface area contributed by atoms with Crippen molar-refractivity contribution in [1.29, 1.82) is 0 Å². The Morgan fingerprint density at radius 3 is 1.13 bits per heavy atom. The van der Waals surface area contributed by atoms with Gasteiger partial charge in [-0.25, -0.2) is 0 Å². The maximum atomic E-state index is 13.6. The van der Waals surface area contributed by atoms with Crippen LogP contribution in [0.5, 0.6) is 46.0 Å². The molecule has 0 bridgehead atoms. The standard InChI is InChI=1S/C36H47O8P.C30H37O4P.C24H27O4P.C20H27O4P/c1-25-17-31(18-26(2)32(25)21-29-15-16-33(37)30(20-29)19-28-13-11-10-12-14-28)42-24-45(39,43-22-40-27(3)35(4,5)6)44-23-41-34(38)36(7,8)9;1-20(2)28-16-24(9-10-30(28)31)17-29-22(4)14-27(15-23(29)5)33-19-35(32)18-26(11-12-34-35)25-8-6-7-21(3)13-25;1-17-11-22(28-16-29(3,26)27)12-18(2)23(17)15-20-9-10-24(25)21(14-20)13-19-7-5-4-6-8-19;1-13(2)18-10-16(6-7-20(18)21)11-19-14(3)8-17(9-15(19)4)24-12-25(5,22)23/h10-18,20,37H,3,19,21-24H2,1-2,4-9H3;6-10,13-16,20,26,31H,11-12,17-19H2,1-5H3;4-12,14,25H,13,15-16H2,1-3H3,(H,26,27);6-10,13,21H,11-12H2,1-5H3,(H,22,23)/p-2/t;26-,35?;;/m.1../s1. The van der Waals surface area contributed by atoms with E-state index >= 15 is 0 Å². The average molecular weight is 1900 g/mol. The van der Waals surface area contributed by atoms with Gasteiger partial charge >= 0.3 is 13.6 Å². The summed E-state index contributed by atoms with van der Waals surface area (Å²) in [7, 11) is -13.7. The molecule has 24 heteroatoms. The zero-order valence-electron chi connectivity index (χ0n) is 81.8. The molecule has 0 saturated carbocycles. The Bertz CT molecular complexity index is 5930. The minimum Gasteiger partial charge on any atom is -0.797 e. The van der Waals surface area contributed by atoms with Crippen LogP contribution >= 0.6 is 29.7 Å². The van der Waals surface area contributed by atoms with Gasteiger partial charge in [-0.1, -0.05) is 194 Å². The van der Waals surface area contributed by atoms with Crippen LogP contribution in [0.15, 0.2) is 219 Å². The van der Waals surface area contributed by atoms with Crippen LogP contribution in [0.1, 0.15) is 227 Å².